The molecule has 2 aromatic rings. The Bertz CT molecular complexity index is 679. The zero-order chi connectivity index (χ0) is 15.4. The van der Waals surface area contributed by atoms with Crippen molar-refractivity contribution in [2.45, 2.75) is 0 Å². The van der Waals surface area contributed by atoms with Gasteiger partial charge in [-0.3, -0.25) is 4.79 Å². The monoisotopic (exact) mass is 353 g/mol. The van der Waals surface area contributed by atoms with Gasteiger partial charge in [0.1, 0.15) is 5.82 Å². The number of nitrogens with one attached hydrogen (secondary N) is 2. The number of pyridine rings is 1. The normalized spacial score (nSPS) is 10.1. The van der Waals surface area contributed by atoms with Gasteiger partial charge >= 0.3 is 0 Å². The van der Waals surface area contributed by atoms with E-state index in [1.807, 2.05) is 0 Å². The van der Waals surface area contributed by atoms with Crippen LogP contribution in [0.15, 0.2) is 34.9 Å². The van der Waals surface area contributed by atoms with E-state index in [-0.39, 0.29) is 5.75 Å². The molecule has 1 heterocycles. The number of amides is 1. The number of rotatable bonds is 4. The molecule has 0 aliphatic heterocycles. The minimum Gasteiger partial charge on any atom is -0.494 e. The molecule has 0 radical (unpaired) electrons. The lowest BCUT2D eigenvalue weighted by molar-refractivity contribution is 0.102. The van der Waals surface area contributed by atoms with E-state index in [0.717, 1.165) is 0 Å². The SMILES string of the molecule is CNc1ncc(Br)cc1C(=O)Nc1ccc(OC)c(F)c1. The van der Waals surface area contributed by atoms with Crippen LogP contribution in [0.5, 0.6) is 5.75 Å². The zero-order valence-corrected chi connectivity index (χ0v) is 13.0. The van der Waals surface area contributed by atoms with E-state index >= 15 is 0 Å². The van der Waals surface area contributed by atoms with Crippen molar-refractivity contribution in [3.8, 4) is 5.75 Å². The van der Waals surface area contributed by atoms with Gasteiger partial charge in [-0.15, -0.1) is 0 Å². The van der Waals surface area contributed by atoms with Crippen LogP contribution in [0.25, 0.3) is 0 Å². The highest BCUT2D eigenvalue weighted by atomic mass is 79.9. The molecular weight excluding hydrogens is 341 g/mol. The summed E-state index contributed by atoms with van der Waals surface area (Å²) in [6.07, 6.45) is 1.58. The molecule has 0 fully saturated rings. The Balaban J connectivity index is 2.26. The quantitative estimate of drug-likeness (QED) is 0.885. The van der Waals surface area contributed by atoms with Crippen LogP contribution in [0, 0.1) is 5.82 Å². The number of hydrogen-bond acceptors (Lipinski definition) is 4. The lowest BCUT2D eigenvalue weighted by atomic mass is 10.2. The van der Waals surface area contributed by atoms with Crippen LogP contribution >= 0.6 is 15.9 Å². The molecule has 2 N–H and O–H groups in total. The summed E-state index contributed by atoms with van der Waals surface area (Å²) in [5.41, 5.74) is 0.684. The van der Waals surface area contributed by atoms with Crippen molar-refractivity contribution < 1.29 is 13.9 Å². The highest BCUT2D eigenvalue weighted by Crippen LogP contribution is 2.23. The van der Waals surface area contributed by atoms with Gasteiger partial charge in [-0.2, -0.15) is 0 Å². The van der Waals surface area contributed by atoms with Crippen LogP contribution in [0.2, 0.25) is 0 Å². The van der Waals surface area contributed by atoms with Crippen LogP contribution in [0.3, 0.4) is 0 Å². The highest BCUT2D eigenvalue weighted by Gasteiger charge is 2.14. The van der Waals surface area contributed by atoms with Gasteiger partial charge in [0.2, 0.25) is 0 Å². The molecule has 21 heavy (non-hydrogen) atoms. The first-order valence-electron chi connectivity index (χ1n) is 6.03. The first-order valence-corrected chi connectivity index (χ1v) is 6.82. The number of aromatic nitrogens is 1. The second-order valence-electron chi connectivity index (χ2n) is 4.10. The Morgan fingerprint density at radius 2 is 2.14 bits per heavy atom. The standard InChI is InChI=1S/C14H13BrFN3O2/c1-17-13-10(5-8(15)7-18-13)14(20)19-9-3-4-12(21-2)11(16)6-9/h3-7H,1-2H3,(H,17,18)(H,19,20). The highest BCUT2D eigenvalue weighted by molar-refractivity contribution is 9.10. The summed E-state index contributed by atoms with van der Waals surface area (Å²) in [6, 6.07) is 5.84. The molecule has 0 saturated heterocycles. The summed E-state index contributed by atoms with van der Waals surface area (Å²) < 4.78 is 19.1. The maximum Gasteiger partial charge on any atom is 0.259 e. The smallest absolute Gasteiger partial charge is 0.259 e. The molecule has 110 valence electrons. The van der Waals surface area contributed by atoms with E-state index in [1.54, 1.807) is 25.4 Å². The molecular formula is C14H13BrFN3O2. The van der Waals surface area contributed by atoms with Gasteiger partial charge in [0.05, 0.1) is 12.7 Å². The summed E-state index contributed by atoms with van der Waals surface area (Å²) in [6.45, 7) is 0. The maximum absolute atomic E-state index is 13.6. The topological polar surface area (TPSA) is 63.2 Å². The van der Waals surface area contributed by atoms with E-state index in [9.17, 15) is 9.18 Å². The molecule has 0 bridgehead atoms. The fraction of sp³-hybridized carbons (Fsp3) is 0.143. The van der Waals surface area contributed by atoms with E-state index in [2.05, 4.69) is 31.5 Å². The Morgan fingerprint density at radius 3 is 2.76 bits per heavy atom. The number of anilines is 2. The summed E-state index contributed by atoms with van der Waals surface area (Å²) >= 11 is 3.26. The predicted molar refractivity (Wildman–Crippen MR) is 82.4 cm³/mol. The fourth-order valence-electron chi connectivity index (χ4n) is 1.75. The number of carbonyl (C=O) groups excluding carboxylic acids is 1. The predicted octanol–water partition coefficient (Wildman–Crippen LogP) is 3.29. The van der Waals surface area contributed by atoms with Gasteiger partial charge in [-0.05, 0) is 34.1 Å². The molecule has 0 atom stereocenters. The molecule has 0 aliphatic rings. The van der Waals surface area contributed by atoms with Crippen LogP contribution < -0.4 is 15.4 Å². The molecule has 7 heteroatoms. The van der Waals surface area contributed by atoms with E-state index in [4.69, 9.17) is 4.74 Å². The first kappa shape index (κ1) is 15.2. The van der Waals surface area contributed by atoms with Crippen molar-refractivity contribution >= 4 is 33.3 Å². The minimum atomic E-state index is -0.545. The minimum absolute atomic E-state index is 0.119. The van der Waals surface area contributed by atoms with Crippen molar-refractivity contribution in [2.75, 3.05) is 24.8 Å². The number of hydrogen-bond donors (Lipinski definition) is 2. The van der Waals surface area contributed by atoms with Crippen LogP contribution in [-0.2, 0) is 0 Å². The second-order valence-corrected chi connectivity index (χ2v) is 5.02. The third-order valence-corrected chi connectivity index (χ3v) is 3.18. The van der Waals surface area contributed by atoms with Crippen LogP contribution in [-0.4, -0.2) is 25.0 Å². The van der Waals surface area contributed by atoms with Gasteiger partial charge in [0, 0.05) is 29.5 Å². The number of methoxy groups -OCH3 is 1. The lowest BCUT2D eigenvalue weighted by Gasteiger charge is -2.10. The van der Waals surface area contributed by atoms with E-state index < -0.39 is 11.7 Å². The average molecular weight is 354 g/mol. The van der Waals surface area contributed by atoms with Crippen LogP contribution in [0.4, 0.5) is 15.9 Å². The molecule has 1 aromatic heterocycles. The second kappa shape index (κ2) is 6.53. The maximum atomic E-state index is 13.6. The Labute approximate surface area is 129 Å². The van der Waals surface area contributed by atoms with Gasteiger partial charge in [-0.25, -0.2) is 9.37 Å². The van der Waals surface area contributed by atoms with E-state index in [1.165, 1.54) is 19.2 Å². The van der Waals surface area contributed by atoms with Crippen molar-refractivity contribution in [3.05, 3.63) is 46.3 Å². The van der Waals surface area contributed by atoms with Crippen molar-refractivity contribution in [1.29, 1.82) is 0 Å². The average Bonchev–Trinajstić information content (AvgIpc) is 2.47. The summed E-state index contributed by atoms with van der Waals surface area (Å²) in [5, 5.41) is 5.45. The molecule has 1 amide bonds. The van der Waals surface area contributed by atoms with Crippen molar-refractivity contribution in [3.63, 3.8) is 0 Å². The summed E-state index contributed by atoms with van der Waals surface area (Å²) in [4.78, 5) is 16.3. The van der Waals surface area contributed by atoms with Gasteiger partial charge in [0.25, 0.3) is 5.91 Å². The Morgan fingerprint density at radius 1 is 1.38 bits per heavy atom. The summed E-state index contributed by atoms with van der Waals surface area (Å²) in [7, 11) is 3.04. The number of benzene rings is 1. The van der Waals surface area contributed by atoms with Crippen molar-refractivity contribution in [2.24, 2.45) is 0 Å². The largest absolute Gasteiger partial charge is 0.494 e. The number of nitrogens with zero attached hydrogens (tertiary/aromatic N) is 1. The fourth-order valence-corrected chi connectivity index (χ4v) is 2.09. The van der Waals surface area contributed by atoms with Crippen molar-refractivity contribution in [1.82, 2.24) is 4.98 Å². The summed E-state index contributed by atoms with van der Waals surface area (Å²) in [5.74, 6) is -0.382. The molecule has 1 aromatic carbocycles. The number of ether oxygens (including phenoxy) is 1. The molecule has 0 unspecified atom stereocenters. The Kier molecular flexibility index (Phi) is 4.74. The molecule has 2 rings (SSSR count). The van der Waals surface area contributed by atoms with Gasteiger partial charge < -0.3 is 15.4 Å². The third-order valence-electron chi connectivity index (χ3n) is 2.75. The molecule has 5 nitrogen and oxygen atoms in total. The van der Waals surface area contributed by atoms with Crippen LogP contribution in [0.1, 0.15) is 10.4 Å². The van der Waals surface area contributed by atoms with E-state index in [0.29, 0.717) is 21.5 Å². The zero-order valence-electron chi connectivity index (χ0n) is 11.4. The number of halogens is 2. The molecule has 0 aliphatic carbocycles. The molecule has 0 spiro atoms. The third kappa shape index (κ3) is 3.49. The number of carbonyl (C=O) groups is 1. The van der Waals surface area contributed by atoms with Gasteiger partial charge in [0.15, 0.2) is 11.6 Å². The van der Waals surface area contributed by atoms with Gasteiger partial charge in [-0.1, -0.05) is 0 Å². The molecule has 0 saturated carbocycles. The lowest BCUT2D eigenvalue weighted by Crippen LogP contribution is -2.15. The Hall–Kier alpha value is -2.15. The first-order chi connectivity index (χ1) is 10.0.